The molecule has 0 saturated carbocycles. The molecule has 5 N–H and O–H groups in total. The summed E-state index contributed by atoms with van der Waals surface area (Å²) in [5.41, 5.74) is 7.75. The first-order valence-corrected chi connectivity index (χ1v) is 6.79. The van der Waals surface area contributed by atoms with E-state index in [2.05, 4.69) is 10.6 Å². The predicted octanol–water partition coefficient (Wildman–Crippen LogP) is 1.97. The summed E-state index contributed by atoms with van der Waals surface area (Å²) in [6.45, 7) is 7.34. The molecule has 0 aromatic heterocycles. The number of benzene rings is 1. The Morgan fingerprint density at radius 3 is 2.52 bits per heavy atom. The fourth-order valence-electron chi connectivity index (χ4n) is 2.31. The molecule has 0 aliphatic rings. The lowest BCUT2D eigenvalue weighted by Crippen LogP contribution is -2.49. The molecule has 0 spiro atoms. The van der Waals surface area contributed by atoms with Gasteiger partial charge in [0.15, 0.2) is 0 Å². The first-order valence-electron chi connectivity index (χ1n) is 6.79. The van der Waals surface area contributed by atoms with Gasteiger partial charge in [0.2, 0.25) is 0 Å². The van der Waals surface area contributed by atoms with Crippen LogP contribution in [-0.4, -0.2) is 23.1 Å². The molecule has 2 amide bonds. The van der Waals surface area contributed by atoms with E-state index in [-0.39, 0.29) is 6.42 Å². The molecule has 0 heterocycles. The molecule has 116 valence electrons. The van der Waals surface area contributed by atoms with Gasteiger partial charge in [-0.25, -0.2) is 4.79 Å². The van der Waals surface area contributed by atoms with Crippen LogP contribution in [0.1, 0.15) is 38.3 Å². The van der Waals surface area contributed by atoms with E-state index in [1.807, 2.05) is 32.9 Å². The Labute approximate surface area is 124 Å². The van der Waals surface area contributed by atoms with E-state index in [9.17, 15) is 9.59 Å². The maximum atomic E-state index is 12.0. The maximum absolute atomic E-state index is 12.0. The summed E-state index contributed by atoms with van der Waals surface area (Å²) in [5, 5.41) is 14.2. The quantitative estimate of drug-likeness (QED) is 0.623. The van der Waals surface area contributed by atoms with E-state index in [0.717, 1.165) is 11.1 Å². The van der Waals surface area contributed by atoms with Crippen LogP contribution in [0.5, 0.6) is 0 Å². The molecular formula is C15H23N3O3. The molecule has 0 bridgehead atoms. The molecule has 0 aliphatic carbocycles. The fraction of sp³-hybridized carbons (Fsp3) is 0.467. The number of amides is 2. The number of urea groups is 1. The molecule has 1 rings (SSSR count). The van der Waals surface area contributed by atoms with Crippen molar-refractivity contribution in [1.82, 2.24) is 10.6 Å². The lowest BCUT2D eigenvalue weighted by atomic mass is 9.90. The molecule has 1 unspecified atom stereocenters. The van der Waals surface area contributed by atoms with Crippen molar-refractivity contribution < 1.29 is 14.7 Å². The van der Waals surface area contributed by atoms with Gasteiger partial charge in [0.25, 0.3) is 0 Å². The third-order valence-electron chi connectivity index (χ3n) is 3.21. The van der Waals surface area contributed by atoms with Crippen LogP contribution in [0.25, 0.3) is 0 Å². The molecule has 6 heteroatoms. The smallest absolute Gasteiger partial charge is 0.315 e. The lowest BCUT2D eigenvalue weighted by molar-refractivity contribution is -0.137. The molecular weight excluding hydrogens is 270 g/mol. The average molecular weight is 293 g/mol. The fourth-order valence-corrected chi connectivity index (χ4v) is 2.31. The normalized spacial score (nSPS) is 12.6. The number of carboxylic acids is 1. The Morgan fingerprint density at radius 2 is 2.00 bits per heavy atom. The maximum Gasteiger partial charge on any atom is 0.315 e. The zero-order chi connectivity index (χ0) is 16.2. The summed E-state index contributed by atoms with van der Waals surface area (Å²) in [4.78, 5) is 22.6. The highest BCUT2D eigenvalue weighted by Crippen LogP contribution is 2.25. The number of hydrogen-bond donors (Lipinski definition) is 4. The molecule has 21 heavy (non-hydrogen) atoms. The Balaban J connectivity index is 2.75. The molecule has 1 aromatic carbocycles. The van der Waals surface area contributed by atoms with E-state index in [1.165, 1.54) is 0 Å². The van der Waals surface area contributed by atoms with Crippen molar-refractivity contribution in [1.29, 1.82) is 0 Å². The van der Waals surface area contributed by atoms with Gasteiger partial charge >= 0.3 is 12.0 Å². The van der Waals surface area contributed by atoms with Crippen molar-refractivity contribution in [2.75, 3.05) is 5.73 Å². The molecule has 0 aliphatic heterocycles. The number of carbonyl (C=O) groups is 2. The second-order valence-corrected chi connectivity index (χ2v) is 5.80. The number of aliphatic carboxylic acids is 1. The largest absolute Gasteiger partial charge is 0.481 e. The van der Waals surface area contributed by atoms with Crippen molar-refractivity contribution in [2.45, 2.75) is 45.7 Å². The summed E-state index contributed by atoms with van der Waals surface area (Å²) in [5.74, 6) is -0.948. The van der Waals surface area contributed by atoms with Gasteiger partial charge in [0.05, 0.1) is 12.0 Å². The monoisotopic (exact) mass is 293 g/mol. The SMILES string of the molecule is Cc1cc(N)ccc1C(C)(C)NC(=O)NC(C)CC(=O)O. The van der Waals surface area contributed by atoms with E-state index in [1.54, 1.807) is 13.0 Å². The van der Waals surface area contributed by atoms with Gasteiger partial charge in [-0.1, -0.05) is 6.07 Å². The molecule has 1 aromatic rings. The summed E-state index contributed by atoms with van der Waals surface area (Å²) in [6, 6.07) is 4.68. The zero-order valence-corrected chi connectivity index (χ0v) is 12.9. The van der Waals surface area contributed by atoms with Crippen LogP contribution in [-0.2, 0) is 10.3 Å². The van der Waals surface area contributed by atoms with E-state index in [4.69, 9.17) is 10.8 Å². The zero-order valence-electron chi connectivity index (χ0n) is 12.9. The van der Waals surface area contributed by atoms with Crippen LogP contribution in [0.15, 0.2) is 18.2 Å². The van der Waals surface area contributed by atoms with Crippen LogP contribution < -0.4 is 16.4 Å². The van der Waals surface area contributed by atoms with E-state index >= 15 is 0 Å². The van der Waals surface area contributed by atoms with Crippen LogP contribution in [0.3, 0.4) is 0 Å². The van der Waals surface area contributed by atoms with Crippen LogP contribution in [0.4, 0.5) is 10.5 Å². The van der Waals surface area contributed by atoms with E-state index < -0.39 is 23.6 Å². The number of nitrogens with one attached hydrogen (secondary N) is 2. The lowest BCUT2D eigenvalue weighted by Gasteiger charge is -2.29. The summed E-state index contributed by atoms with van der Waals surface area (Å²) in [6.07, 6.45) is -0.116. The predicted molar refractivity (Wildman–Crippen MR) is 82.0 cm³/mol. The molecule has 6 nitrogen and oxygen atoms in total. The van der Waals surface area contributed by atoms with E-state index in [0.29, 0.717) is 5.69 Å². The summed E-state index contributed by atoms with van der Waals surface area (Å²) >= 11 is 0. The Bertz CT molecular complexity index is 541. The number of aryl methyl sites for hydroxylation is 1. The standard InChI is InChI=1S/C15H23N3O3/c1-9-7-11(16)5-6-12(9)15(3,4)18-14(21)17-10(2)8-13(19)20/h5-7,10H,8,16H2,1-4H3,(H,19,20)(H2,17,18,21). The first kappa shape index (κ1) is 16.8. The highest BCUT2D eigenvalue weighted by atomic mass is 16.4. The Kier molecular flexibility index (Phi) is 5.18. The second-order valence-electron chi connectivity index (χ2n) is 5.80. The number of rotatable bonds is 5. The van der Waals surface area contributed by atoms with Gasteiger partial charge in [-0.15, -0.1) is 0 Å². The minimum atomic E-state index is -0.948. The number of hydrogen-bond acceptors (Lipinski definition) is 3. The number of nitrogens with two attached hydrogens (primary N) is 1. The number of carboxylic acid groups (broad SMARTS) is 1. The van der Waals surface area contributed by atoms with Gasteiger partial charge in [-0.2, -0.15) is 0 Å². The van der Waals surface area contributed by atoms with Gasteiger partial charge in [-0.05, 0) is 51.0 Å². The van der Waals surface area contributed by atoms with Crippen molar-refractivity contribution >= 4 is 17.7 Å². The molecule has 1 atom stereocenters. The van der Waals surface area contributed by atoms with Gasteiger partial charge in [0.1, 0.15) is 0 Å². The highest BCUT2D eigenvalue weighted by molar-refractivity contribution is 5.76. The second kappa shape index (κ2) is 6.47. The van der Waals surface area contributed by atoms with Gasteiger partial charge in [0, 0.05) is 11.7 Å². The number of nitrogen functional groups attached to an aromatic ring is 1. The van der Waals surface area contributed by atoms with Crippen LogP contribution >= 0.6 is 0 Å². The molecule has 0 saturated heterocycles. The van der Waals surface area contributed by atoms with Gasteiger partial charge < -0.3 is 21.5 Å². The first-order chi connectivity index (χ1) is 9.61. The minimum Gasteiger partial charge on any atom is -0.481 e. The average Bonchev–Trinajstić information content (AvgIpc) is 2.25. The van der Waals surface area contributed by atoms with Crippen LogP contribution in [0, 0.1) is 6.92 Å². The van der Waals surface area contributed by atoms with Crippen molar-refractivity contribution in [3.05, 3.63) is 29.3 Å². The topological polar surface area (TPSA) is 104 Å². The number of carbonyl (C=O) groups excluding carboxylic acids is 1. The van der Waals surface area contributed by atoms with Crippen LogP contribution in [0.2, 0.25) is 0 Å². The van der Waals surface area contributed by atoms with Crippen molar-refractivity contribution in [2.24, 2.45) is 0 Å². The van der Waals surface area contributed by atoms with Gasteiger partial charge in [-0.3, -0.25) is 4.79 Å². The molecule has 0 radical (unpaired) electrons. The highest BCUT2D eigenvalue weighted by Gasteiger charge is 2.25. The summed E-state index contributed by atoms with van der Waals surface area (Å²) in [7, 11) is 0. The molecule has 0 fully saturated rings. The summed E-state index contributed by atoms with van der Waals surface area (Å²) < 4.78 is 0. The third kappa shape index (κ3) is 4.98. The Hall–Kier alpha value is -2.24. The van der Waals surface area contributed by atoms with Crippen molar-refractivity contribution in [3.8, 4) is 0 Å². The Morgan fingerprint density at radius 1 is 1.38 bits per heavy atom. The third-order valence-corrected chi connectivity index (χ3v) is 3.21. The minimum absolute atomic E-state index is 0.116. The number of anilines is 1. The van der Waals surface area contributed by atoms with Crippen molar-refractivity contribution in [3.63, 3.8) is 0 Å².